The fraction of sp³-hybridized carbons (Fsp3) is 0.588. The van der Waals surface area contributed by atoms with Gasteiger partial charge in [-0.3, -0.25) is 9.58 Å². The molecular formula is C17H24N4O. The molecule has 5 heteroatoms. The maximum absolute atomic E-state index is 6.16. The van der Waals surface area contributed by atoms with Crippen LogP contribution < -0.4 is 0 Å². The average Bonchev–Trinajstić information content (AvgIpc) is 3.23. The number of rotatable bonds is 4. The Morgan fingerprint density at radius 2 is 2.14 bits per heavy atom. The SMILES string of the molecule is Cn1cc(CN2CCO[C@@H]3[C@H](Cn4cccc4)CC[C@H]32)cn1. The second-order valence-corrected chi connectivity index (χ2v) is 6.61. The lowest BCUT2D eigenvalue weighted by Gasteiger charge is -2.39. The molecule has 2 fully saturated rings. The highest BCUT2D eigenvalue weighted by Gasteiger charge is 2.42. The quantitative estimate of drug-likeness (QED) is 0.865. The van der Waals surface area contributed by atoms with Crippen LogP contribution in [0.25, 0.3) is 0 Å². The van der Waals surface area contributed by atoms with Gasteiger partial charge in [-0.25, -0.2) is 0 Å². The van der Waals surface area contributed by atoms with Crippen LogP contribution >= 0.6 is 0 Å². The summed E-state index contributed by atoms with van der Waals surface area (Å²) >= 11 is 0. The molecule has 0 amide bonds. The summed E-state index contributed by atoms with van der Waals surface area (Å²) in [5, 5.41) is 4.29. The molecule has 1 aliphatic carbocycles. The smallest absolute Gasteiger partial charge is 0.0776 e. The molecule has 0 aromatic carbocycles. The number of hydrogen-bond acceptors (Lipinski definition) is 3. The van der Waals surface area contributed by atoms with Gasteiger partial charge in [0.15, 0.2) is 0 Å². The third-order valence-electron chi connectivity index (χ3n) is 5.09. The minimum atomic E-state index is 0.382. The van der Waals surface area contributed by atoms with E-state index in [2.05, 4.69) is 45.3 Å². The van der Waals surface area contributed by atoms with E-state index in [0.29, 0.717) is 18.1 Å². The summed E-state index contributed by atoms with van der Waals surface area (Å²) in [5.74, 6) is 0.633. The first-order valence-electron chi connectivity index (χ1n) is 8.23. The highest BCUT2D eigenvalue weighted by molar-refractivity contribution is 5.06. The molecular weight excluding hydrogens is 276 g/mol. The Morgan fingerprint density at radius 3 is 2.91 bits per heavy atom. The van der Waals surface area contributed by atoms with Gasteiger partial charge in [-0.15, -0.1) is 0 Å². The van der Waals surface area contributed by atoms with Crippen LogP contribution in [0.2, 0.25) is 0 Å². The van der Waals surface area contributed by atoms with Crippen molar-refractivity contribution in [1.82, 2.24) is 19.2 Å². The van der Waals surface area contributed by atoms with Crippen molar-refractivity contribution in [2.75, 3.05) is 13.2 Å². The molecule has 22 heavy (non-hydrogen) atoms. The van der Waals surface area contributed by atoms with Crippen molar-refractivity contribution in [2.24, 2.45) is 13.0 Å². The van der Waals surface area contributed by atoms with Gasteiger partial charge in [0.2, 0.25) is 0 Å². The Bertz CT molecular complexity index is 606. The van der Waals surface area contributed by atoms with Gasteiger partial charge in [-0.2, -0.15) is 5.10 Å². The number of hydrogen-bond donors (Lipinski definition) is 0. The molecule has 1 aliphatic heterocycles. The Labute approximate surface area is 131 Å². The fourth-order valence-corrected chi connectivity index (χ4v) is 4.08. The first-order chi connectivity index (χ1) is 10.8. The van der Waals surface area contributed by atoms with Gasteiger partial charge in [-0.1, -0.05) is 0 Å². The molecule has 0 bridgehead atoms. The molecule has 3 heterocycles. The zero-order valence-electron chi connectivity index (χ0n) is 13.1. The Hall–Kier alpha value is -1.59. The largest absolute Gasteiger partial charge is 0.375 e. The number of aryl methyl sites for hydroxylation is 1. The first kappa shape index (κ1) is 14.0. The van der Waals surface area contributed by atoms with Crippen molar-refractivity contribution >= 4 is 0 Å². The molecule has 0 spiro atoms. The highest BCUT2D eigenvalue weighted by Crippen LogP contribution is 2.36. The second-order valence-electron chi connectivity index (χ2n) is 6.61. The third-order valence-corrected chi connectivity index (χ3v) is 5.09. The van der Waals surface area contributed by atoms with Gasteiger partial charge >= 0.3 is 0 Å². The maximum atomic E-state index is 6.16. The molecule has 3 atom stereocenters. The Kier molecular flexibility index (Phi) is 3.76. The van der Waals surface area contributed by atoms with Crippen molar-refractivity contribution in [3.63, 3.8) is 0 Å². The van der Waals surface area contributed by atoms with Gasteiger partial charge in [0.25, 0.3) is 0 Å². The van der Waals surface area contributed by atoms with E-state index in [1.165, 1.54) is 18.4 Å². The summed E-state index contributed by atoms with van der Waals surface area (Å²) in [6.07, 6.45) is 11.3. The molecule has 5 nitrogen and oxygen atoms in total. The third kappa shape index (κ3) is 2.71. The van der Waals surface area contributed by atoms with Crippen LogP contribution in [0, 0.1) is 5.92 Å². The summed E-state index contributed by atoms with van der Waals surface area (Å²) in [6.45, 7) is 3.96. The van der Waals surface area contributed by atoms with Crippen LogP contribution in [0.15, 0.2) is 36.9 Å². The van der Waals surface area contributed by atoms with Crippen LogP contribution in [0.4, 0.5) is 0 Å². The van der Waals surface area contributed by atoms with E-state index in [-0.39, 0.29) is 0 Å². The Morgan fingerprint density at radius 1 is 1.27 bits per heavy atom. The van der Waals surface area contributed by atoms with Crippen molar-refractivity contribution in [3.8, 4) is 0 Å². The van der Waals surface area contributed by atoms with Crippen molar-refractivity contribution < 1.29 is 4.74 Å². The van der Waals surface area contributed by atoms with E-state index >= 15 is 0 Å². The molecule has 2 aliphatic rings. The standard InChI is InChI=1S/C17H24N4O/c1-19-11-14(10-18-19)12-21-8-9-22-17-15(4-5-16(17)21)13-20-6-2-3-7-20/h2-3,6-7,10-11,15-17H,4-5,8-9,12-13H2,1H3/t15-,16+,17+/m0/s1. The summed E-state index contributed by atoms with van der Waals surface area (Å²) in [5.41, 5.74) is 1.30. The first-order valence-corrected chi connectivity index (χ1v) is 8.23. The van der Waals surface area contributed by atoms with Crippen LogP contribution in [0.5, 0.6) is 0 Å². The zero-order chi connectivity index (χ0) is 14.9. The van der Waals surface area contributed by atoms with Crippen LogP contribution in [0.1, 0.15) is 18.4 Å². The lowest BCUT2D eigenvalue weighted by Crippen LogP contribution is -2.50. The molecule has 0 radical (unpaired) electrons. The van der Waals surface area contributed by atoms with E-state index in [1.54, 1.807) is 0 Å². The maximum Gasteiger partial charge on any atom is 0.0776 e. The van der Waals surface area contributed by atoms with E-state index < -0.39 is 0 Å². The normalized spacial score (nSPS) is 28.9. The van der Waals surface area contributed by atoms with Gasteiger partial charge in [0.1, 0.15) is 0 Å². The minimum Gasteiger partial charge on any atom is -0.375 e. The van der Waals surface area contributed by atoms with Crippen molar-refractivity contribution in [2.45, 2.75) is 38.1 Å². The lowest BCUT2D eigenvalue weighted by atomic mass is 10.0. The van der Waals surface area contributed by atoms with Gasteiger partial charge in [-0.05, 0) is 25.0 Å². The fourth-order valence-electron chi connectivity index (χ4n) is 4.08. The predicted octanol–water partition coefficient (Wildman–Crippen LogP) is 1.90. The number of morpholine rings is 1. The van der Waals surface area contributed by atoms with E-state index in [0.717, 1.165) is 26.2 Å². The van der Waals surface area contributed by atoms with Crippen LogP contribution in [-0.2, 0) is 24.9 Å². The van der Waals surface area contributed by atoms with Gasteiger partial charge in [0.05, 0.1) is 18.9 Å². The zero-order valence-corrected chi connectivity index (χ0v) is 13.1. The molecule has 118 valence electrons. The summed E-state index contributed by atoms with van der Waals surface area (Å²) in [4.78, 5) is 2.60. The Balaban J connectivity index is 1.44. The summed E-state index contributed by atoms with van der Waals surface area (Å²) < 4.78 is 10.3. The van der Waals surface area contributed by atoms with Crippen molar-refractivity contribution in [1.29, 1.82) is 0 Å². The minimum absolute atomic E-state index is 0.382. The molecule has 4 rings (SSSR count). The molecule has 2 aromatic rings. The summed E-state index contributed by atoms with van der Waals surface area (Å²) in [7, 11) is 1.98. The molecule has 0 unspecified atom stereocenters. The van der Waals surface area contributed by atoms with Crippen molar-refractivity contribution in [3.05, 3.63) is 42.5 Å². The molecule has 2 aromatic heterocycles. The van der Waals surface area contributed by atoms with Gasteiger partial charge in [0, 0.05) is 62.8 Å². The van der Waals surface area contributed by atoms with Crippen LogP contribution in [0.3, 0.4) is 0 Å². The molecule has 0 N–H and O–H groups in total. The van der Waals surface area contributed by atoms with Crippen LogP contribution in [-0.4, -0.2) is 44.5 Å². The molecule has 1 saturated carbocycles. The van der Waals surface area contributed by atoms with E-state index in [9.17, 15) is 0 Å². The second kappa shape index (κ2) is 5.89. The lowest BCUT2D eigenvalue weighted by molar-refractivity contribution is -0.0785. The molecule has 1 saturated heterocycles. The summed E-state index contributed by atoms with van der Waals surface area (Å²) in [6, 6.07) is 4.76. The topological polar surface area (TPSA) is 35.2 Å². The van der Waals surface area contributed by atoms with Gasteiger partial charge < -0.3 is 9.30 Å². The highest BCUT2D eigenvalue weighted by atomic mass is 16.5. The number of ether oxygens (including phenoxy) is 1. The number of aromatic nitrogens is 3. The van der Waals surface area contributed by atoms with E-state index in [4.69, 9.17) is 4.74 Å². The average molecular weight is 300 g/mol. The predicted molar refractivity (Wildman–Crippen MR) is 84.3 cm³/mol. The monoisotopic (exact) mass is 300 g/mol. The van der Waals surface area contributed by atoms with E-state index in [1.807, 2.05) is 17.9 Å². The number of nitrogens with zero attached hydrogens (tertiary/aromatic N) is 4. The number of fused-ring (bicyclic) bond motifs is 1.